The molecule has 6 heteroatoms. The lowest BCUT2D eigenvalue weighted by atomic mass is 10.1. The van der Waals surface area contributed by atoms with Gasteiger partial charge in [0.05, 0.1) is 20.3 Å². The molecule has 0 saturated carbocycles. The van der Waals surface area contributed by atoms with Crippen LogP contribution in [0.3, 0.4) is 0 Å². The Bertz CT molecular complexity index is 799. The van der Waals surface area contributed by atoms with Crippen molar-refractivity contribution in [2.75, 3.05) is 50.2 Å². The number of methoxy groups -OCH3 is 1. The molecule has 28 heavy (non-hydrogen) atoms. The SMILES string of the molecule is C=CCc1ccc(OCC(=O)Nc2ccc(N3CCOCC3)cc2)c(OC)c1. The van der Waals surface area contributed by atoms with Gasteiger partial charge >= 0.3 is 0 Å². The molecule has 3 rings (SSSR count). The van der Waals surface area contributed by atoms with Crippen LogP contribution in [0.25, 0.3) is 0 Å². The van der Waals surface area contributed by atoms with Crippen molar-refractivity contribution in [1.82, 2.24) is 0 Å². The number of nitrogens with one attached hydrogen (secondary N) is 1. The van der Waals surface area contributed by atoms with Gasteiger partial charge in [-0.1, -0.05) is 12.1 Å². The molecule has 2 aromatic carbocycles. The van der Waals surface area contributed by atoms with Crippen LogP contribution in [0.1, 0.15) is 5.56 Å². The Hall–Kier alpha value is -2.99. The van der Waals surface area contributed by atoms with Crippen molar-refractivity contribution < 1.29 is 19.0 Å². The first-order chi connectivity index (χ1) is 13.7. The lowest BCUT2D eigenvalue weighted by Gasteiger charge is -2.28. The number of anilines is 2. The summed E-state index contributed by atoms with van der Waals surface area (Å²) in [6.07, 6.45) is 2.57. The van der Waals surface area contributed by atoms with Crippen LogP contribution in [0.5, 0.6) is 11.5 Å². The van der Waals surface area contributed by atoms with E-state index in [1.54, 1.807) is 7.11 Å². The second-order valence-electron chi connectivity index (χ2n) is 6.46. The number of morpholine rings is 1. The largest absolute Gasteiger partial charge is 0.493 e. The Morgan fingerprint density at radius 2 is 1.93 bits per heavy atom. The molecule has 2 aromatic rings. The molecule has 1 amide bonds. The molecule has 1 aliphatic rings. The molecule has 1 aliphatic heterocycles. The number of nitrogens with zero attached hydrogens (tertiary/aromatic N) is 1. The van der Waals surface area contributed by atoms with Gasteiger partial charge in [-0.15, -0.1) is 6.58 Å². The highest BCUT2D eigenvalue weighted by Gasteiger charge is 2.12. The molecule has 0 atom stereocenters. The second kappa shape index (κ2) is 9.80. The molecule has 0 bridgehead atoms. The maximum Gasteiger partial charge on any atom is 0.262 e. The van der Waals surface area contributed by atoms with Crippen LogP contribution in [0.15, 0.2) is 55.1 Å². The maximum absolute atomic E-state index is 12.2. The van der Waals surface area contributed by atoms with Gasteiger partial charge in [0.15, 0.2) is 18.1 Å². The number of carbonyl (C=O) groups excluding carboxylic acids is 1. The first-order valence-electron chi connectivity index (χ1n) is 9.33. The van der Waals surface area contributed by atoms with Crippen molar-refractivity contribution in [3.05, 3.63) is 60.7 Å². The minimum absolute atomic E-state index is 0.0949. The number of benzene rings is 2. The molecule has 6 nitrogen and oxygen atoms in total. The summed E-state index contributed by atoms with van der Waals surface area (Å²) >= 11 is 0. The molecule has 0 radical (unpaired) electrons. The van der Waals surface area contributed by atoms with Gasteiger partial charge in [0, 0.05) is 24.5 Å². The number of amides is 1. The van der Waals surface area contributed by atoms with Crippen LogP contribution < -0.4 is 19.7 Å². The summed E-state index contributed by atoms with van der Waals surface area (Å²) in [5, 5.41) is 2.85. The summed E-state index contributed by atoms with van der Waals surface area (Å²) in [5.41, 5.74) is 2.94. The zero-order chi connectivity index (χ0) is 19.8. The smallest absolute Gasteiger partial charge is 0.262 e. The van der Waals surface area contributed by atoms with Crippen LogP contribution >= 0.6 is 0 Å². The van der Waals surface area contributed by atoms with Gasteiger partial charge in [-0.2, -0.15) is 0 Å². The second-order valence-corrected chi connectivity index (χ2v) is 6.46. The molecule has 1 heterocycles. The van der Waals surface area contributed by atoms with E-state index in [9.17, 15) is 4.79 Å². The predicted octanol–water partition coefficient (Wildman–Crippen LogP) is 3.28. The maximum atomic E-state index is 12.2. The van der Waals surface area contributed by atoms with Crippen molar-refractivity contribution in [3.8, 4) is 11.5 Å². The van der Waals surface area contributed by atoms with Crippen LogP contribution in [-0.4, -0.2) is 45.9 Å². The number of carbonyl (C=O) groups is 1. The van der Waals surface area contributed by atoms with E-state index < -0.39 is 0 Å². The molecule has 1 saturated heterocycles. The minimum atomic E-state index is -0.226. The lowest BCUT2D eigenvalue weighted by molar-refractivity contribution is -0.118. The van der Waals surface area contributed by atoms with Gasteiger partial charge in [0.25, 0.3) is 5.91 Å². The van der Waals surface area contributed by atoms with E-state index in [2.05, 4.69) is 16.8 Å². The zero-order valence-electron chi connectivity index (χ0n) is 16.1. The molecular formula is C22H26N2O4. The summed E-state index contributed by atoms with van der Waals surface area (Å²) in [4.78, 5) is 14.5. The lowest BCUT2D eigenvalue weighted by Crippen LogP contribution is -2.36. The third-order valence-corrected chi connectivity index (χ3v) is 4.49. The summed E-state index contributed by atoms with van der Waals surface area (Å²) < 4.78 is 16.3. The Labute approximate surface area is 165 Å². The Morgan fingerprint density at radius 3 is 2.61 bits per heavy atom. The third kappa shape index (κ3) is 5.27. The first kappa shape index (κ1) is 19.8. The normalized spacial score (nSPS) is 13.7. The molecule has 148 valence electrons. The topological polar surface area (TPSA) is 60.0 Å². The highest BCUT2D eigenvalue weighted by atomic mass is 16.5. The van der Waals surface area contributed by atoms with Crippen molar-refractivity contribution in [1.29, 1.82) is 0 Å². The number of hydrogen-bond acceptors (Lipinski definition) is 5. The summed E-state index contributed by atoms with van der Waals surface area (Å²) in [6.45, 7) is 6.89. The van der Waals surface area contributed by atoms with Gasteiger partial charge in [-0.3, -0.25) is 4.79 Å². The summed E-state index contributed by atoms with van der Waals surface area (Å²) in [5.74, 6) is 0.909. The van der Waals surface area contributed by atoms with Crippen LogP contribution in [0.2, 0.25) is 0 Å². The molecule has 0 aromatic heterocycles. The van der Waals surface area contributed by atoms with E-state index in [4.69, 9.17) is 14.2 Å². The van der Waals surface area contributed by atoms with E-state index in [1.165, 1.54) is 0 Å². The zero-order valence-corrected chi connectivity index (χ0v) is 16.1. The van der Waals surface area contributed by atoms with Crippen LogP contribution in [0, 0.1) is 0 Å². The van der Waals surface area contributed by atoms with E-state index in [1.807, 2.05) is 48.5 Å². The Balaban J connectivity index is 1.53. The quantitative estimate of drug-likeness (QED) is 0.710. The number of hydrogen-bond donors (Lipinski definition) is 1. The van der Waals surface area contributed by atoms with E-state index in [-0.39, 0.29) is 12.5 Å². The van der Waals surface area contributed by atoms with E-state index in [0.29, 0.717) is 11.5 Å². The molecule has 1 fully saturated rings. The summed E-state index contributed by atoms with van der Waals surface area (Å²) in [7, 11) is 1.58. The van der Waals surface area contributed by atoms with Crippen LogP contribution in [0.4, 0.5) is 11.4 Å². The van der Waals surface area contributed by atoms with Crippen LogP contribution in [-0.2, 0) is 16.0 Å². The van der Waals surface area contributed by atoms with E-state index >= 15 is 0 Å². The number of ether oxygens (including phenoxy) is 3. The molecule has 1 N–H and O–H groups in total. The summed E-state index contributed by atoms with van der Waals surface area (Å²) in [6, 6.07) is 13.4. The van der Waals surface area contributed by atoms with Gasteiger partial charge in [0.2, 0.25) is 0 Å². The van der Waals surface area contributed by atoms with Crippen molar-refractivity contribution >= 4 is 17.3 Å². The molecule has 0 spiro atoms. The molecular weight excluding hydrogens is 356 g/mol. The fraction of sp³-hybridized carbons (Fsp3) is 0.318. The monoisotopic (exact) mass is 382 g/mol. The minimum Gasteiger partial charge on any atom is -0.493 e. The molecule has 0 aliphatic carbocycles. The van der Waals surface area contributed by atoms with Gasteiger partial charge in [-0.05, 0) is 48.4 Å². The van der Waals surface area contributed by atoms with Crippen molar-refractivity contribution in [3.63, 3.8) is 0 Å². The highest BCUT2D eigenvalue weighted by Crippen LogP contribution is 2.28. The Kier molecular flexibility index (Phi) is 6.92. The highest BCUT2D eigenvalue weighted by molar-refractivity contribution is 5.92. The first-order valence-corrected chi connectivity index (χ1v) is 9.33. The number of allylic oxidation sites excluding steroid dienone is 1. The Morgan fingerprint density at radius 1 is 1.18 bits per heavy atom. The van der Waals surface area contributed by atoms with Crippen molar-refractivity contribution in [2.24, 2.45) is 0 Å². The average molecular weight is 382 g/mol. The number of rotatable bonds is 8. The van der Waals surface area contributed by atoms with Crippen molar-refractivity contribution in [2.45, 2.75) is 6.42 Å². The van der Waals surface area contributed by atoms with Gasteiger partial charge in [0.1, 0.15) is 0 Å². The fourth-order valence-electron chi connectivity index (χ4n) is 3.04. The molecule has 0 unspecified atom stereocenters. The average Bonchev–Trinajstić information content (AvgIpc) is 2.74. The fourth-order valence-corrected chi connectivity index (χ4v) is 3.04. The van der Waals surface area contributed by atoms with Gasteiger partial charge in [-0.25, -0.2) is 0 Å². The van der Waals surface area contributed by atoms with Gasteiger partial charge < -0.3 is 24.4 Å². The standard InChI is InChI=1S/C22H26N2O4/c1-3-4-17-5-10-20(21(15-17)26-2)28-16-22(25)23-18-6-8-19(9-7-18)24-11-13-27-14-12-24/h3,5-10,15H,1,4,11-14,16H2,2H3,(H,23,25). The predicted molar refractivity (Wildman–Crippen MR) is 110 cm³/mol. The van der Waals surface area contributed by atoms with E-state index in [0.717, 1.165) is 49.7 Å². The third-order valence-electron chi connectivity index (χ3n) is 4.49.